The standard InChI is InChI=1S/C24H23BrN4O3/c1-16-21(17(2)32-28-16)15-31-20-9-7-18(8-10-20)13-24(30)27-23-11-12-26-29(23)14-19-5-3-4-6-22(19)25/h3-12H,13-15H2,1-2H3,(H,27,30). The summed E-state index contributed by atoms with van der Waals surface area (Å²) in [6.07, 6.45) is 1.93. The van der Waals surface area contributed by atoms with Gasteiger partial charge in [-0.1, -0.05) is 51.4 Å². The van der Waals surface area contributed by atoms with Gasteiger partial charge in [-0.2, -0.15) is 5.10 Å². The predicted molar refractivity (Wildman–Crippen MR) is 125 cm³/mol. The largest absolute Gasteiger partial charge is 0.489 e. The van der Waals surface area contributed by atoms with Crippen LogP contribution in [0, 0.1) is 13.8 Å². The van der Waals surface area contributed by atoms with Crippen LogP contribution in [0.4, 0.5) is 5.82 Å². The second-order valence-corrected chi connectivity index (χ2v) is 8.28. The number of aromatic nitrogens is 3. The summed E-state index contributed by atoms with van der Waals surface area (Å²) >= 11 is 3.55. The Hall–Kier alpha value is -3.39. The first kappa shape index (κ1) is 21.8. The van der Waals surface area contributed by atoms with Gasteiger partial charge in [-0.15, -0.1) is 0 Å². The first-order chi connectivity index (χ1) is 15.5. The molecule has 0 bridgehead atoms. The predicted octanol–water partition coefficient (Wildman–Crippen LogP) is 5.06. The molecule has 2 aromatic heterocycles. The Kier molecular flexibility index (Phi) is 6.70. The minimum absolute atomic E-state index is 0.108. The minimum atomic E-state index is -0.108. The van der Waals surface area contributed by atoms with Crippen molar-refractivity contribution in [1.82, 2.24) is 14.9 Å². The normalized spacial score (nSPS) is 10.8. The zero-order chi connectivity index (χ0) is 22.5. The van der Waals surface area contributed by atoms with Crippen molar-refractivity contribution in [2.45, 2.75) is 33.4 Å². The topological polar surface area (TPSA) is 82.2 Å². The van der Waals surface area contributed by atoms with Crippen LogP contribution in [0.5, 0.6) is 5.75 Å². The lowest BCUT2D eigenvalue weighted by Crippen LogP contribution is -2.18. The van der Waals surface area contributed by atoms with Crippen molar-refractivity contribution in [2.75, 3.05) is 5.32 Å². The van der Waals surface area contributed by atoms with E-state index < -0.39 is 0 Å². The van der Waals surface area contributed by atoms with Gasteiger partial charge in [-0.3, -0.25) is 4.79 Å². The van der Waals surface area contributed by atoms with Crippen LogP contribution in [-0.2, 0) is 24.4 Å². The second kappa shape index (κ2) is 9.82. The molecule has 4 rings (SSSR count). The summed E-state index contributed by atoms with van der Waals surface area (Å²) in [6, 6.07) is 17.2. The number of anilines is 1. The van der Waals surface area contributed by atoms with Gasteiger partial charge in [0, 0.05) is 10.5 Å². The summed E-state index contributed by atoms with van der Waals surface area (Å²) < 4.78 is 13.7. The number of hydrogen-bond acceptors (Lipinski definition) is 5. The van der Waals surface area contributed by atoms with Crippen LogP contribution in [0.3, 0.4) is 0 Å². The zero-order valence-corrected chi connectivity index (χ0v) is 19.4. The van der Waals surface area contributed by atoms with E-state index in [2.05, 4.69) is 31.5 Å². The summed E-state index contributed by atoms with van der Waals surface area (Å²) in [6.45, 7) is 4.70. The van der Waals surface area contributed by atoms with Crippen LogP contribution >= 0.6 is 15.9 Å². The van der Waals surface area contributed by atoms with E-state index in [4.69, 9.17) is 9.26 Å². The maximum absolute atomic E-state index is 12.6. The lowest BCUT2D eigenvalue weighted by molar-refractivity contribution is -0.115. The van der Waals surface area contributed by atoms with Gasteiger partial charge in [0.25, 0.3) is 0 Å². The molecule has 0 unspecified atom stereocenters. The number of rotatable bonds is 8. The molecule has 8 heteroatoms. The summed E-state index contributed by atoms with van der Waals surface area (Å²) in [5.41, 5.74) is 3.75. The SMILES string of the molecule is Cc1noc(C)c1COc1ccc(CC(=O)Nc2ccnn2Cc2ccccc2Br)cc1. The lowest BCUT2D eigenvalue weighted by atomic mass is 10.1. The molecule has 7 nitrogen and oxygen atoms in total. The Bertz CT molecular complexity index is 1190. The molecule has 1 N–H and O–H groups in total. The minimum Gasteiger partial charge on any atom is -0.489 e. The quantitative estimate of drug-likeness (QED) is 0.370. The third-order valence-corrected chi connectivity index (χ3v) is 5.89. The second-order valence-electron chi connectivity index (χ2n) is 7.43. The Morgan fingerprint density at radius 3 is 2.62 bits per heavy atom. The number of benzene rings is 2. The van der Waals surface area contributed by atoms with Crippen molar-refractivity contribution >= 4 is 27.7 Å². The van der Waals surface area contributed by atoms with E-state index >= 15 is 0 Å². The van der Waals surface area contributed by atoms with E-state index in [1.54, 1.807) is 16.9 Å². The number of hydrogen-bond donors (Lipinski definition) is 1. The number of ether oxygens (including phenoxy) is 1. The lowest BCUT2D eigenvalue weighted by Gasteiger charge is -2.11. The van der Waals surface area contributed by atoms with Gasteiger partial charge in [0.1, 0.15) is 23.9 Å². The molecule has 0 aliphatic rings. The fraction of sp³-hybridized carbons (Fsp3) is 0.208. The van der Waals surface area contributed by atoms with E-state index in [0.29, 0.717) is 19.0 Å². The molecule has 2 heterocycles. The van der Waals surface area contributed by atoms with Crippen molar-refractivity contribution < 1.29 is 14.1 Å². The van der Waals surface area contributed by atoms with E-state index in [-0.39, 0.29) is 12.3 Å². The first-order valence-corrected chi connectivity index (χ1v) is 11.0. The molecule has 0 saturated heterocycles. The van der Waals surface area contributed by atoms with E-state index in [0.717, 1.165) is 38.4 Å². The maximum atomic E-state index is 12.6. The number of aryl methyl sites for hydroxylation is 2. The number of nitrogens with one attached hydrogen (secondary N) is 1. The van der Waals surface area contributed by atoms with Crippen LogP contribution in [0.15, 0.2) is 69.8 Å². The zero-order valence-electron chi connectivity index (χ0n) is 17.8. The maximum Gasteiger partial charge on any atom is 0.229 e. The fourth-order valence-corrected chi connectivity index (χ4v) is 3.70. The molecule has 32 heavy (non-hydrogen) atoms. The van der Waals surface area contributed by atoms with Gasteiger partial charge in [-0.05, 0) is 43.2 Å². The molecule has 0 spiro atoms. The van der Waals surface area contributed by atoms with Crippen molar-refractivity contribution in [3.8, 4) is 5.75 Å². The first-order valence-electron chi connectivity index (χ1n) is 10.2. The third kappa shape index (κ3) is 5.26. The Morgan fingerprint density at radius 1 is 1.12 bits per heavy atom. The van der Waals surface area contributed by atoms with Gasteiger partial charge >= 0.3 is 0 Å². The molecule has 0 saturated carbocycles. The van der Waals surface area contributed by atoms with Crippen LogP contribution in [0.2, 0.25) is 0 Å². The number of carbonyl (C=O) groups is 1. The van der Waals surface area contributed by atoms with E-state index in [1.165, 1.54) is 0 Å². The summed E-state index contributed by atoms with van der Waals surface area (Å²) in [4.78, 5) is 12.6. The molecule has 0 atom stereocenters. The average molecular weight is 495 g/mol. The number of halogens is 1. The highest BCUT2D eigenvalue weighted by molar-refractivity contribution is 9.10. The third-order valence-electron chi connectivity index (χ3n) is 5.11. The number of nitrogens with zero attached hydrogens (tertiary/aromatic N) is 3. The fourth-order valence-electron chi connectivity index (χ4n) is 3.29. The molecular weight excluding hydrogens is 472 g/mol. The average Bonchev–Trinajstić information content (AvgIpc) is 3.34. The smallest absolute Gasteiger partial charge is 0.229 e. The van der Waals surface area contributed by atoms with Crippen LogP contribution in [-0.4, -0.2) is 20.8 Å². The Labute approximate surface area is 194 Å². The van der Waals surface area contributed by atoms with Gasteiger partial charge in [0.15, 0.2) is 0 Å². The summed E-state index contributed by atoms with van der Waals surface area (Å²) in [5, 5.41) is 11.2. The van der Waals surface area contributed by atoms with Gasteiger partial charge in [0.2, 0.25) is 5.91 Å². The van der Waals surface area contributed by atoms with Crippen molar-refractivity contribution in [3.63, 3.8) is 0 Å². The number of amides is 1. The summed E-state index contributed by atoms with van der Waals surface area (Å²) in [7, 11) is 0. The van der Waals surface area contributed by atoms with Gasteiger partial charge < -0.3 is 14.6 Å². The molecule has 1 amide bonds. The van der Waals surface area contributed by atoms with Crippen molar-refractivity contribution in [3.05, 3.63) is 93.4 Å². The molecule has 0 radical (unpaired) electrons. The molecule has 0 aliphatic heterocycles. The molecule has 0 aliphatic carbocycles. The molecule has 0 fully saturated rings. The van der Waals surface area contributed by atoms with Crippen LogP contribution < -0.4 is 10.1 Å². The number of carbonyl (C=O) groups excluding carboxylic acids is 1. The highest BCUT2D eigenvalue weighted by Gasteiger charge is 2.11. The highest BCUT2D eigenvalue weighted by atomic mass is 79.9. The Morgan fingerprint density at radius 2 is 1.91 bits per heavy atom. The highest BCUT2D eigenvalue weighted by Crippen LogP contribution is 2.20. The molecule has 4 aromatic rings. The Balaban J connectivity index is 1.33. The molecule has 164 valence electrons. The van der Waals surface area contributed by atoms with Gasteiger partial charge in [-0.25, -0.2) is 4.68 Å². The summed E-state index contributed by atoms with van der Waals surface area (Å²) in [5.74, 6) is 2.03. The molecular formula is C24H23BrN4O3. The van der Waals surface area contributed by atoms with Crippen molar-refractivity contribution in [1.29, 1.82) is 0 Å². The van der Waals surface area contributed by atoms with E-state index in [9.17, 15) is 4.79 Å². The van der Waals surface area contributed by atoms with Crippen LogP contribution in [0.25, 0.3) is 0 Å². The van der Waals surface area contributed by atoms with E-state index in [1.807, 2.05) is 62.4 Å². The molecule has 2 aromatic carbocycles. The van der Waals surface area contributed by atoms with Gasteiger partial charge in [0.05, 0.1) is 30.4 Å². The monoisotopic (exact) mass is 494 g/mol. The van der Waals surface area contributed by atoms with Crippen LogP contribution in [0.1, 0.15) is 28.1 Å². The van der Waals surface area contributed by atoms with Crippen molar-refractivity contribution in [2.24, 2.45) is 0 Å².